The number of aromatic amines is 1. The van der Waals surface area contributed by atoms with Crippen molar-refractivity contribution in [3.8, 4) is 0 Å². The fourth-order valence-electron chi connectivity index (χ4n) is 2.04. The summed E-state index contributed by atoms with van der Waals surface area (Å²) in [6.07, 6.45) is 0.864. The summed E-state index contributed by atoms with van der Waals surface area (Å²) in [5.74, 6) is 0.383. The molecular weight excluding hydrogens is 277 g/mol. The lowest BCUT2D eigenvalue weighted by Gasteiger charge is -2.03. The van der Waals surface area contributed by atoms with Gasteiger partial charge in [-0.05, 0) is 42.3 Å². The molecule has 0 saturated carbocycles. The first-order chi connectivity index (χ1) is 9.70. The zero-order valence-corrected chi connectivity index (χ0v) is 11.4. The van der Waals surface area contributed by atoms with E-state index in [1.807, 2.05) is 24.3 Å². The van der Waals surface area contributed by atoms with Crippen LogP contribution in [0.2, 0.25) is 5.02 Å². The van der Waals surface area contributed by atoms with Crippen LogP contribution in [-0.2, 0) is 6.42 Å². The molecule has 2 aromatic carbocycles. The number of imidazole rings is 1. The zero-order chi connectivity index (χ0) is 13.9. The Labute approximate surface area is 120 Å². The highest BCUT2D eigenvalue weighted by Gasteiger charge is 2.03. The van der Waals surface area contributed by atoms with E-state index < -0.39 is 0 Å². The molecule has 0 fully saturated rings. The SMILES string of the molecule is Fc1ccc2nc(NCCc3ccc(Cl)cc3)[nH]c2c1. The molecule has 3 rings (SSSR count). The Morgan fingerprint density at radius 3 is 2.75 bits per heavy atom. The lowest BCUT2D eigenvalue weighted by molar-refractivity contribution is 0.629. The second-order valence-corrected chi connectivity index (χ2v) is 4.99. The van der Waals surface area contributed by atoms with Crippen LogP contribution >= 0.6 is 11.6 Å². The number of anilines is 1. The second kappa shape index (κ2) is 5.51. The van der Waals surface area contributed by atoms with Gasteiger partial charge in [0.15, 0.2) is 0 Å². The third-order valence-electron chi connectivity index (χ3n) is 3.06. The first-order valence-corrected chi connectivity index (χ1v) is 6.72. The molecule has 0 aliphatic heterocycles. The molecule has 0 aliphatic rings. The number of rotatable bonds is 4. The number of halogens is 2. The summed E-state index contributed by atoms with van der Waals surface area (Å²) >= 11 is 5.84. The summed E-state index contributed by atoms with van der Waals surface area (Å²) in [5, 5.41) is 3.93. The quantitative estimate of drug-likeness (QED) is 0.762. The lowest BCUT2D eigenvalue weighted by atomic mass is 10.1. The van der Waals surface area contributed by atoms with Crippen molar-refractivity contribution >= 4 is 28.6 Å². The van der Waals surface area contributed by atoms with Crippen LogP contribution in [0.15, 0.2) is 42.5 Å². The number of nitrogens with zero attached hydrogens (tertiary/aromatic N) is 1. The normalized spacial score (nSPS) is 10.9. The van der Waals surface area contributed by atoms with Gasteiger partial charge in [0.05, 0.1) is 11.0 Å². The van der Waals surface area contributed by atoms with Crippen molar-refractivity contribution in [2.45, 2.75) is 6.42 Å². The van der Waals surface area contributed by atoms with Crippen LogP contribution in [0.3, 0.4) is 0 Å². The smallest absolute Gasteiger partial charge is 0.201 e. The van der Waals surface area contributed by atoms with E-state index in [1.165, 1.54) is 17.7 Å². The van der Waals surface area contributed by atoms with Gasteiger partial charge in [0, 0.05) is 11.6 Å². The fraction of sp³-hybridized carbons (Fsp3) is 0.133. The minimum Gasteiger partial charge on any atom is -0.355 e. The van der Waals surface area contributed by atoms with Gasteiger partial charge in [0.2, 0.25) is 5.95 Å². The Bertz CT molecular complexity index is 722. The van der Waals surface area contributed by atoms with Crippen LogP contribution in [0.4, 0.5) is 10.3 Å². The van der Waals surface area contributed by atoms with Crippen molar-refractivity contribution in [3.63, 3.8) is 0 Å². The molecule has 0 atom stereocenters. The van der Waals surface area contributed by atoms with Crippen LogP contribution in [0.5, 0.6) is 0 Å². The minimum atomic E-state index is -0.270. The van der Waals surface area contributed by atoms with E-state index >= 15 is 0 Å². The van der Waals surface area contributed by atoms with Crippen LogP contribution in [0, 0.1) is 5.82 Å². The van der Waals surface area contributed by atoms with Crippen molar-refractivity contribution in [1.29, 1.82) is 0 Å². The van der Waals surface area contributed by atoms with Gasteiger partial charge in [-0.2, -0.15) is 0 Å². The van der Waals surface area contributed by atoms with Gasteiger partial charge in [-0.1, -0.05) is 23.7 Å². The number of fused-ring (bicyclic) bond motifs is 1. The number of aromatic nitrogens is 2. The first-order valence-electron chi connectivity index (χ1n) is 6.34. The number of benzene rings is 2. The van der Waals surface area contributed by atoms with Crippen LogP contribution < -0.4 is 5.32 Å². The Balaban J connectivity index is 1.63. The third kappa shape index (κ3) is 2.91. The molecule has 0 radical (unpaired) electrons. The first kappa shape index (κ1) is 12.9. The summed E-state index contributed by atoms with van der Waals surface area (Å²) in [6, 6.07) is 12.2. The topological polar surface area (TPSA) is 40.7 Å². The predicted octanol–water partition coefficient (Wildman–Crippen LogP) is 4.01. The second-order valence-electron chi connectivity index (χ2n) is 4.55. The summed E-state index contributed by atoms with van der Waals surface area (Å²) in [4.78, 5) is 7.39. The molecule has 2 N–H and O–H groups in total. The van der Waals surface area contributed by atoms with Crippen molar-refractivity contribution in [2.75, 3.05) is 11.9 Å². The molecule has 0 aliphatic carbocycles. The summed E-state index contributed by atoms with van der Waals surface area (Å²) < 4.78 is 13.1. The van der Waals surface area contributed by atoms with E-state index in [-0.39, 0.29) is 5.82 Å². The number of hydrogen-bond acceptors (Lipinski definition) is 2. The zero-order valence-electron chi connectivity index (χ0n) is 10.7. The van der Waals surface area contributed by atoms with Crippen LogP contribution in [-0.4, -0.2) is 16.5 Å². The largest absolute Gasteiger partial charge is 0.355 e. The fourth-order valence-corrected chi connectivity index (χ4v) is 2.17. The maximum absolute atomic E-state index is 13.1. The molecule has 1 aromatic heterocycles. The average molecular weight is 290 g/mol. The average Bonchev–Trinajstić information content (AvgIpc) is 2.83. The molecule has 0 amide bonds. The predicted molar refractivity (Wildman–Crippen MR) is 79.7 cm³/mol. The van der Waals surface area contributed by atoms with Gasteiger partial charge in [-0.3, -0.25) is 0 Å². The highest BCUT2D eigenvalue weighted by molar-refractivity contribution is 6.30. The molecule has 3 aromatic rings. The minimum absolute atomic E-state index is 0.270. The van der Waals surface area contributed by atoms with Crippen molar-refractivity contribution in [1.82, 2.24) is 9.97 Å². The lowest BCUT2D eigenvalue weighted by Crippen LogP contribution is -2.05. The maximum Gasteiger partial charge on any atom is 0.201 e. The Kier molecular flexibility index (Phi) is 3.56. The van der Waals surface area contributed by atoms with Gasteiger partial charge in [0.1, 0.15) is 5.82 Å². The van der Waals surface area contributed by atoms with E-state index in [2.05, 4.69) is 15.3 Å². The van der Waals surface area contributed by atoms with Gasteiger partial charge in [-0.15, -0.1) is 0 Å². The maximum atomic E-state index is 13.1. The molecule has 0 spiro atoms. The van der Waals surface area contributed by atoms with E-state index in [1.54, 1.807) is 6.07 Å². The van der Waals surface area contributed by atoms with Crippen molar-refractivity contribution < 1.29 is 4.39 Å². The van der Waals surface area contributed by atoms with Gasteiger partial charge in [0.25, 0.3) is 0 Å². The Morgan fingerprint density at radius 1 is 1.15 bits per heavy atom. The Hall–Kier alpha value is -2.07. The van der Waals surface area contributed by atoms with Crippen molar-refractivity contribution in [3.05, 3.63) is 58.9 Å². The highest BCUT2D eigenvalue weighted by atomic mass is 35.5. The molecule has 1 heterocycles. The summed E-state index contributed by atoms with van der Waals surface area (Å²) in [7, 11) is 0. The van der Waals surface area contributed by atoms with Crippen molar-refractivity contribution in [2.24, 2.45) is 0 Å². The van der Waals surface area contributed by atoms with E-state index in [0.717, 1.165) is 23.5 Å². The van der Waals surface area contributed by atoms with E-state index in [9.17, 15) is 4.39 Å². The molecule has 0 unspecified atom stereocenters. The summed E-state index contributed by atoms with van der Waals surface area (Å²) in [6.45, 7) is 0.740. The van der Waals surface area contributed by atoms with E-state index in [4.69, 9.17) is 11.6 Å². The highest BCUT2D eigenvalue weighted by Crippen LogP contribution is 2.15. The van der Waals surface area contributed by atoms with Crippen LogP contribution in [0.25, 0.3) is 11.0 Å². The molecular formula is C15H13ClFN3. The Morgan fingerprint density at radius 2 is 1.95 bits per heavy atom. The third-order valence-corrected chi connectivity index (χ3v) is 3.32. The van der Waals surface area contributed by atoms with Gasteiger partial charge >= 0.3 is 0 Å². The number of nitrogens with one attached hydrogen (secondary N) is 2. The van der Waals surface area contributed by atoms with E-state index in [0.29, 0.717) is 11.5 Å². The number of H-pyrrole nitrogens is 1. The molecule has 3 nitrogen and oxygen atoms in total. The molecule has 102 valence electrons. The molecule has 0 bridgehead atoms. The van der Waals surface area contributed by atoms with Crippen LogP contribution in [0.1, 0.15) is 5.56 Å². The number of hydrogen-bond donors (Lipinski definition) is 2. The van der Waals surface area contributed by atoms with Gasteiger partial charge in [-0.25, -0.2) is 9.37 Å². The summed E-state index contributed by atoms with van der Waals surface area (Å²) in [5.41, 5.74) is 2.64. The molecule has 5 heteroatoms. The molecule has 20 heavy (non-hydrogen) atoms. The monoisotopic (exact) mass is 289 g/mol. The molecule has 0 saturated heterocycles. The standard InChI is InChI=1S/C15H13ClFN3/c16-11-3-1-10(2-4-11)7-8-18-15-19-13-6-5-12(17)9-14(13)20-15/h1-6,9H,7-8H2,(H2,18,19,20). The van der Waals surface area contributed by atoms with Gasteiger partial charge < -0.3 is 10.3 Å².